The average molecular weight is 277 g/mol. The molecule has 3 rings (SSSR count). The lowest BCUT2D eigenvalue weighted by molar-refractivity contribution is 0.0846. The molecule has 2 atom stereocenters. The van der Waals surface area contributed by atoms with E-state index in [2.05, 4.69) is 29.6 Å². The number of nitrogens with one attached hydrogen (secondary N) is 2. The highest BCUT2D eigenvalue weighted by atomic mass is 16.5. The Kier molecular flexibility index (Phi) is 2.69. The minimum absolute atomic E-state index is 0.0643. The molecule has 1 amide bonds. The van der Waals surface area contributed by atoms with E-state index in [0.29, 0.717) is 29.0 Å². The maximum Gasteiger partial charge on any atom is 0.260 e. The van der Waals surface area contributed by atoms with Crippen molar-refractivity contribution >= 4 is 11.8 Å². The van der Waals surface area contributed by atoms with Gasteiger partial charge < -0.3 is 15.2 Å². The summed E-state index contributed by atoms with van der Waals surface area (Å²) in [6.45, 7) is 10.4. The zero-order chi connectivity index (χ0) is 14.7. The Morgan fingerprint density at radius 1 is 1.20 bits per heavy atom. The normalized spacial score (nSPS) is 33.0. The maximum atomic E-state index is 12.6. The standard InChI is InChI=1S/C15H23N3O2/c1-8-6-7-9(2)15(8)16-12(19)10-11(14(3,4)5)18-20-13(10)17-15/h8-9,17H,6-7H2,1-5H3,(H,16,19). The minimum Gasteiger partial charge on any atom is -0.338 e. The molecule has 2 N–H and O–H groups in total. The van der Waals surface area contributed by atoms with Gasteiger partial charge in [-0.05, 0) is 24.7 Å². The summed E-state index contributed by atoms with van der Waals surface area (Å²) < 4.78 is 5.45. The van der Waals surface area contributed by atoms with Crippen LogP contribution in [0.1, 0.15) is 63.5 Å². The number of fused-ring (bicyclic) bond motifs is 1. The Hall–Kier alpha value is -1.52. The third kappa shape index (κ3) is 1.68. The molecule has 5 nitrogen and oxygen atoms in total. The predicted molar refractivity (Wildman–Crippen MR) is 76.6 cm³/mol. The lowest BCUT2D eigenvalue weighted by atomic mass is 9.85. The number of nitrogens with zero attached hydrogens (tertiary/aromatic N) is 1. The third-order valence-electron chi connectivity index (χ3n) is 4.86. The number of anilines is 1. The molecule has 1 aromatic heterocycles. The summed E-state index contributed by atoms with van der Waals surface area (Å²) in [6.07, 6.45) is 2.20. The van der Waals surface area contributed by atoms with Gasteiger partial charge in [0.05, 0.1) is 0 Å². The molecule has 2 unspecified atom stereocenters. The van der Waals surface area contributed by atoms with Gasteiger partial charge in [0, 0.05) is 5.41 Å². The average Bonchev–Trinajstić information content (AvgIpc) is 2.87. The van der Waals surface area contributed by atoms with Crippen molar-refractivity contribution in [2.45, 2.75) is 58.5 Å². The van der Waals surface area contributed by atoms with Crippen LogP contribution in [0.3, 0.4) is 0 Å². The highest BCUT2D eigenvalue weighted by Gasteiger charge is 2.52. The molecule has 110 valence electrons. The van der Waals surface area contributed by atoms with Crippen molar-refractivity contribution in [2.24, 2.45) is 11.8 Å². The van der Waals surface area contributed by atoms with Crippen molar-refractivity contribution in [1.82, 2.24) is 10.5 Å². The summed E-state index contributed by atoms with van der Waals surface area (Å²) in [4.78, 5) is 12.6. The molecule has 5 heteroatoms. The van der Waals surface area contributed by atoms with Crippen molar-refractivity contribution < 1.29 is 9.32 Å². The number of aromatic nitrogens is 1. The molecule has 0 saturated heterocycles. The number of carbonyl (C=O) groups excluding carboxylic acids is 1. The van der Waals surface area contributed by atoms with Crippen LogP contribution in [0.25, 0.3) is 0 Å². The van der Waals surface area contributed by atoms with Crippen molar-refractivity contribution in [2.75, 3.05) is 5.32 Å². The largest absolute Gasteiger partial charge is 0.338 e. The summed E-state index contributed by atoms with van der Waals surface area (Å²) >= 11 is 0. The number of carbonyl (C=O) groups is 1. The lowest BCUT2D eigenvalue weighted by Crippen LogP contribution is -2.62. The van der Waals surface area contributed by atoms with Crippen LogP contribution in [0.5, 0.6) is 0 Å². The van der Waals surface area contributed by atoms with Crippen LogP contribution in [0.2, 0.25) is 0 Å². The van der Waals surface area contributed by atoms with Crippen LogP contribution in [0.15, 0.2) is 4.52 Å². The van der Waals surface area contributed by atoms with E-state index in [1.54, 1.807) is 0 Å². The Morgan fingerprint density at radius 3 is 2.35 bits per heavy atom. The second kappa shape index (κ2) is 3.99. The van der Waals surface area contributed by atoms with Gasteiger partial charge in [-0.1, -0.05) is 39.8 Å². The number of hydrogen-bond acceptors (Lipinski definition) is 4. The Morgan fingerprint density at radius 2 is 1.80 bits per heavy atom. The van der Waals surface area contributed by atoms with E-state index >= 15 is 0 Å². The lowest BCUT2D eigenvalue weighted by Gasteiger charge is -2.42. The van der Waals surface area contributed by atoms with Gasteiger partial charge in [-0.3, -0.25) is 4.79 Å². The molecule has 0 aromatic carbocycles. The van der Waals surface area contributed by atoms with Crippen molar-refractivity contribution in [3.8, 4) is 0 Å². The second-order valence-electron chi connectivity index (χ2n) is 7.31. The van der Waals surface area contributed by atoms with E-state index in [1.165, 1.54) is 0 Å². The van der Waals surface area contributed by atoms with Crippen molar-refractivity contribution in [1.29, 1.82) is 0 Å². The number of hydrogen-bond donors (Lipinski definition) is 2. The molecule has 1 fully saturated rings. The first-order valence-electron chi connectivity index (χ1n) is 7.36. The molecular weight excluding hydrogens is 254 g/mol. The fourth-order valence-electron chi connectivity index (χ4n) is 3.50. The van der Waals surface area contributed by atoms with E-state index in [4.69, 9.17) is 4.52 Å². The molecule has 1 aliphatic heterocycles. The first kappa shape index (κ1) is 13.5. The highest BCUT2D eigenvalue weighted by molar-refractivity contribution is 6.02. The zero-order valence-corrected chi connectivity index (χ0v) is 12.8. The van der Waals surface area contributed by atoms with Gasteiger partial charge in [0.25, 0.3) is 5.91 Å². The molecule has 1 aliphatic carbocycles. The van der Waals surface area contributed by atoms with E-state index < -0.39 is 5.66 Å². The zero-order valence-electron chi connectivity index (χ0n) is 12.8. The Labute approximate surface area is 119 Å². The molecule has 2 aliphatic rings. The molecule has 20 heavy (non-hydrogen) atoms. The summed E-state index contributed by atoms with van der Waals surface area (Å²) in [5, 5.41) is 10.8. The van der Waals surface area contributed by atoms with Crippen LogP contribution in [-0.4, -0.2) is 16.7 Å². The van der Waals surface area contributed by atoms with Crippen LogP contribution < -0.4 is 10.6 Å². The maximum absolute atomic E-state index is 12.6. The summed E-state index contributed by atoms with van der Waals surface area (Å²) in [6, 6.07) is 0. The SMILES string of the molecule is CC1CCC(C)C12NC(=O)c1c(C(C)(C)C)noc1N2. The van der Waals surface area contributed by atoms with Gasteiger partial charge in [0.15, 0.2) is 0 Å². The van der Waals surface area contributed by atoms with Crippen molar-refractivity contribution in [3.63, 3.8) is 0 Å². The number of rotatable bonds is 0. The van der Waals surface area contributed by atoms with Crippen LogP contribution in [0.4, 0.5) is 5.88 Å². The highest BCUT2D eigenvalue weighted by Crippen LogP contribution is 2.45. The topological polar surface area (TPSA) is 67.2 Å². The predicted octanol–water partition coefficient (Wildman–Crippen LogP) is 2.89. The summed E-state index contributed by atoms with van der Waals surface area (Å²) in [5.41, 5.74) is 0.673. The van der Waals surface area contributed by atoms with Gasteiger partial charge in [0.1, 0.15) is 16.9 Å². The molecule has 0 bridgehead atoms. The van der Waals surface area contributed by atoms with Gasteiger partial charge in [-0.25, -0.2) is 0 Å². The van der Waals surface area contributed by atoms with Crippen molar-refractivity contribution in [3.05, 3.63) is 11.3 Å². The summed E-state index contributed by atoms with van der Waals surface area (Å²) in [5.74, 6) is 1.21. The van der Waals surface area contributed by atoms with Gasteiger partial charge >= 0.3 is 0 Å². The van der Waals surface area contributed by atoms with Gasteiger partial charge in [-0.2, -0.15) is 0 Å². The molecule has 1 aromatic rings. The second-order valence-corrected chi connectivity index (χ2v) is 7.31. The molecule has 2 heterocycles. The Balaban J connectivity index is 2.06. The smallest absolute Gasteiger partial charge is 0.260 e. The molecule has 1 spiro atoms. The van der Waals surface area contributed by atoms with Crippen LogP contribution in [-0.2, 0) is 5.41 Å². The molecular formula is C15H23N3O2. The minimum atomic E-state index is -0.390. The summed E-state index contributed by atoms with van der Waals surface area (Å²) in [7, 11) is 0. The quantitative estimate of drug-likeness (QED) is 0.765. The molecule has 1 saturated carbocycles. The Bertz CT molecular complexity index is 546. The molecule has 0 radical (unpaired) electrons. The van der Waals surface area contributed by atoms with E-state index in [0.717, 1.165) is 12.8 Å². The van der Waals surface area contributed by atoms with Gasteiger partial charge in [-0.15, -0.1) is 0 Å². The van der Waals surface area contributed by atoms with E-state index in [1.807, 2.05) is 20.8 Å². The van der Waals surface area contributed by atoms with E-state index in [-0.39, 0.29) is 11.3 Å². The third-order valence-corrected chi connectivity index (χ3v) is 4.86. The van der Waals surface area contributed by atoms with Crippen LogP contribution >= 0.6 is 0 Å². The van der Waals surface area contributed by atoms with Crippen LogP contribution in [0, 0.1) is 11.8 Å². The first-order chi connectivity index (χ1) is 9.25. The fourth-order valence-corrected chi connectivity index (χ4v) is 3.50. The van der Waals surface area contributed by atoms with Gasteiger partial charge in [0.2, 0.25) is 5.88 Å². The van der Waals surface area contributed by atoms with E-state index in [9.17, 15) is 4.79 Å². The fraction of sp³-hybridized carbons (Fsp3) is 0.733. The number of amides is 1. The first-order valence-corrected chi connectivity index (χ1v) is 7.36. The monoisotopic (exact) mass is 277 g/mol.